The minimum Gasteiger partial charge on any atom is -0.436 e. The highest BCUT2D eigenvalue weighted by Crippen LogP contribution is 2.29. The number of nitrogens with one attached hydrogen (secondary N) is 1. The van der Waals surface area contributed by atoms with Crippen molar-refractivity contribution in [2.24, 2.45) is 0 Å². The van der Waals surface area contributed by atoms with Gasteiger partial charge in [-0.2, -0.15) is 0 Å². The molecule has 112 valence electrons. The Bertz CT molecular complexity index is 804. The summed E-state index contributed by atoms with van der Waals surface area (Å²) in [4.78, 5) is 16.3. The van der Waals surface area contributed by atoms with Crippen LogP contribution in [0.4, 0.5) is 5.69 Å². The SMILES string of the molecule is CCCC(=O)Nc1cccc2oc(-c3ccc(C)cc3)nc12. The number of oxazole rings is 1. The molecule has 22 heavy (non-hydrogen) atoms. The van der Waals surface area contributed by atoms with Gasteiger partial charge < -0.3 is 9.73 Å². The topological polar surface area (TPSA) is 55.1 Å². The lowest BCUT2D eigenvalue weighted by atomic mass is 10.1. The molecule has 1 heterocycles. The molecular formula is C18H18N2O2. The maximum Gasteiger partial charge on any atom is 0.227 e. The van der Waals surface area contributed by atoms with Gasteiger partial charge in [0.05, 0.1) is 5.69 Å². The van der Waals surface area contributed by atoms with E-state index in [2.05, 4.69) is 10.3 Å². The van der Waals surface area contributed by atoms with E-state index in [1.807, 2.05) is 56.3 Å². The van der Waals surface area contributed by atoms with E-state index in [1.54, 1.807) is 0 Å². The second-order valence-corrected chi connectivity index (χ2v) is 5.34. The fraction of sp³-hybridized carbons (Fsp3) is 0.222. The summed E-state index contributed by atoms with van der Waals surface area (Å²) >= 11 is 0. The number of anilines is 1. The van der Waals surface area contributed by atoms with Gasteiger partial charge >= 0.3 is 0 Å². The molecule has 3 aromatic rings. The van der Waals surface area contributed by atoms with Crippen molar-refractivity contribution >= 4 is 22.7 Å². The lowest BCUT2D eigenvalue weighted by molar-refractivity contribution is -0.116. The number of fused-ring (bicyclic) bond motifs is 1. The molecular weight excluding hydrogens is 276 g/mol. The number of amides is 1. The Morgan fingerprint density at radius 2 is 1.95 bits per heavy atom. The molecule has 0 radical (unpaired) electrons. The molecule has 1 aromatic heterocycles. The first-order valence-electron chi connectivity index (χ1n) is 7.44. The summed E-state index contributed by atoms with van der Waals surface area (Å²) < 4.78 is 5.81. The normalized spacial score (nSPS) is 10.8. The Morgan fingerprint density at radius 1 is 1.18 bits per heavy atom. The maximum absolute atomic E-state index is 11.8. The Kier molecular flexibility index (Phi) is 3.92. The van der Waals surface area contributed by atoms with E-state index >= 15 is 0 Å². The van der Waals surface area contributed by atoms with Crippen molar-refractivity contribution in [1.29, 1.82) is 0 Å². The van der Waals surface area contributed by atoms with E-state index in [1.165, 1.54) is 5.56 Å². The lowest BCUT2D eigenvalue weighted by Crippen LogP contribution is -2.10. The second-order valence-electron chi connectivity index (χ2n) is 5.34. The van der Waals surface area contributed by atoms with Crippen LogP contribution in [0.25, 0.3) is 22.6 Å². The molecule has 0 aliphatic heterocycles. The first-order valence-corrected chi connectivity index (χ1v) is 7.44. The maximum atomic E-state index is 11.8. The van der Waals surface area contributed by atoms with Crippen molar-refractivity contribution in [1.82, 2.24) is 4.98 Å². The van der Waals surface area contributed by atoms with Gasteiger partial charge in [0.2, 0.25) is 11.8 Å². The van der Waals surface area contributed by atoms with Crippen LogP contribution >= 0.6 is 0 Å². The number of hydrogen-bond acceptors (Lipinski definition) is 3. The molecule has 0 unspecified atom stereocenters. The minimum atomic E-state index is -0.00474. The van der Waals surface area contributed by atoms with E-state index in [-0.39, 0.29) is 5.91 Å². The van der Waals surface area contributed by atoms with Gasteiger partial charge in [0, 0.05) is 12.0 Å². The van der Waals surface area contributed by atoms with Gasteiger partial charge in [-0.1, -0.05) is 30.7 Å². The molecule has 0 spiro atoms. The molecule has 2 aromatic carbocycles. The zero-order valence-corrected chi connectivity index (χ0v) is 12.7. The molecule has 0 saturated carbocycles. The fourth-order valence-corrected chi connectivity index (χ4v) is 2.31. The first-order chi connectivity index (χ1) is 10.7. The molecule has 0 saturated heterocycles. The summed E-state index contributed by atoms with van der Waals surface area (Å²) in [5.41, 5.74) is 4.16. The van der Waals surface area contributed by atoms with Crippen LogP contribution in [0.3, 0.4) is 0 Å². The molecule has 0 atom stereocenters. The number of hydrogen-bond donors (Lipinski definition) is 1. The molecule has 4 nitrogen and oxygen atoms in total. The van der Waals surface area contributed by atoms with Gasteiger partial charge in [0.25, 0.3) is 0 Å². The quantitative estimate of drug-likeness (QED) is 0.768. The Labute approximate surface area is 129 Å². The molecule has 0 bridgehead atoms. The summed E-state index contributed by atoms with van der Waals surface area (Å²) in [7, 11) is 0. The summed E-state index contributed by atoms with van der Waals surface area (Å²) in [6.07, 6.45) is 1.31. The fourth-order valence-electron chi connectivity index (χ4n) is 2.31. The van der Waals surface area contributed by atoms with Gasteiger partial charge in [-0.25, -0.2) is 4.98 Å². The van der Waals surface area contributed by atoms with E-state index in [0.29, 0.717) is 29.1 Å². The van der Waals surface area contributed by atoms with Crippen LogP contribution in [0.15, 0.2) is 46.9 Å². The van der Waals surface area contributed by atoms with Crippen LogP contribution in [0, 0.1) is 6.92 Å². The van der Waals surface area contributed by atoms with Gasteiger partial charge in [0.15, 0.2) is 5.58 Å². The summed E-state index contributed by atoms with van der Waals surface area (Å²) in [5, 5.41) is 2.90. The molecule has 0 aliphatic rings. The van der Waals surface area contributed by atoms with E-state index < -0.39 is 0 Å². The van der Waals surface area contributed by atoms with Gasteiger partial charge in [-0.05, 0) is 37.6 Å². The average Bonchev–Trinajstić information content (AvgIpc) is 2.93. The van der Waals surface area contributed by atoms with Crippen molar-refractivity contribution in [2.45, 2.75) is 26.7 Å². The van der Waals surface area contributed by atoms with E-state index in [9.17, 15) is 4.79 Å². The van der Waals surface area contributed by atoms with Crippen LogP contribution in [-0.4, -0.2) is 10.9 Å². The first kappa shape index (κ1) is 14.3. The summed E-state index contributed by atoms with van der Waals surface area (Å²) in [6.45, 7) is 4.02. The minimum absolute atomic E-state index is 0.00474. The number of carbonyl (C=O) groups excluding carboxylic acids is 1. The van der Waals surface area contributed by atoms with Crippen LogP contribution < -0.4 is 5.32 Å². The predicted molar refractivity (Wildman–Crippen MR) is 87.7 cm³/mol. The largest absolute Gasteiger partial charge is 0.436 e. The zero-order valence-electron chi connectivity index (χ0n) is 12.7. The summed E-state index contributed by atoms with van der Waals surface area (Å²) in [6, 6.07) is 13.6. The summed E-state index contributed by atoms with van der Waals surface area (Å²) in [5.74, 6) is 0.557. The second kappa shape index (κ2) is 6.02. The van der Waals surface area contributed by atoms with Crippen molar-refractivity contribution in [2.75, 3.05) is 5.32 Å². The van der Waals surface area contributed by atoms with Crippen LogP contribution in [0.2, 0.25) is 0 Å². The Hall–Kier alpha value is -2.62. The third kappa shape index (κ3) is 2.86. The smallest absolute Gasteiger partial charge is 0.227 e. The number of benzene rings is 2. The van der Waals surface area contributed by atoms with Crippen molar-refractivity contribution < 1.29 is 9.21 Å². The van der Waals surface area contributed by atoms with Crippen LogP contribution in [0.5, 0.6) is 0 Å². The molecule has 0 fully saturated rings. The van der Waals surface area contributed by atoms with Gasteiger partial charge in [-0.3, -0.25) is 4.79 Å². The van der Waals surface area contributed by atoms with Crippen molar-refractivity contribution in [3.05, 3.63) is 48.0 Å². The van der Waals surface area contributed by atoms with Crippen molar-refractivity contribution in [3.63, 3.8) is 0 Å². The monoisotopic (exact) mass is 294 g/mol. The lowest BCUT2D eigenvalue weighted by Gasteiger charge is -2.03. The van der Waals surface area contributed by atoms with Crippen molar-refractivity contribution in [3.8, 4) is 11.5 Å². The average molecular weight is 294 g/mol. The Balaban J connectivity index is 1.99. The van der Waals surface area contributed by atoms with Crippen LogP contribution in [0.1, 0.15) is 25.3 Å². The zero-order chi connectivity index (χ0) is 15.5. The van der Waals surface area contributed by atoms with E-state index in [0.717, 1.165) is 12.0 Å². The molecule has 0 aliphatic carbocycles. The molecule has 4 heteroatoms. The highest BCUT2D eigenvalue weighted by atomic mass is 16.3. The number of para-hydroxylation sites is 1. The standard InChI is InChI=1S/C18H18N2O2/c1-3-5-16(21)19-14-6-4-7-15-17(14)20-18(22-15)13-10-8-12(2)9-11-13/h4,6-11H,3,5H2,1-2H3,(H,19,21). The number of aryl methyl sites for hydroxylation is 1. The number of carbonyl (C=O) groups is 1. The highest BCUT2D eigenvalue weighted by Gasteiger charge is 2.12. The predicted octanol–water partition coefficient (Wildman–Crippen LogP) is 4.54. The number of nitrogens with zero attached hydrogens (tertiary/aromatic N) is 1. The van der Waals surface area contributed by atoms with Gasteiger partial charge in [0.1, 0.15) is 5.52 Å². The van der Waals surface area contributed by atoms with Gasteiger partial charge in [-0.15, -0.1) is 0 Å². The Morgan fingerprint density at radius 3 is 2.68 bits per heavy atom. The van der Waals surface area contributed by atoms with Crippen LogP contribution in [-0.2, 0) is 4.79 Å². The highest BCUT2D eigenvalue weighted by molar-refractivity contribution is 5.99. The molecule has 1 amide bonds. The molecule has 3 rings (SSSR count). The number of rotatable bonds is 4. The molecule has 1 N–H and O–H groups in total. The van der Waals surface area contributed by atoms with E-state index in [4.69, 9.17) is 4.42 Å². The number of aromatic nitrogens is 1. The third-order valence-electron chi connectivity index (χ3n) is 3.47. The third-order valence-corrected chi connectivity index (χ3v) is 3.47.